The zero-order valence-electron chi connectivity index (χ0n) is 29.4. The van der Waals surface area contributed by atoms with E-state index in [0.717, 1.165) is 73.6 Å². The van der Waals surface area contributed by atoms with Crippen LogP contribution in [0, 0.1) is 30.6 Å². The highest BCUT2D eigenvalue weighted by Gasteiger charge is 2.44. The van der Waals surface area contributed by atoms with Gasteiger partial charge in [-0.3, -0.25) is 9.80 Å². The molecule has 0 saturated carbocycles. The molecule has 1 spiro atoms. The summed E-state index contributed by atoms with van der Waals surface area (Å²) in [5.74, 6) is 1.32. The van der Waals surface area contributed by atoms with Crippen LogP contribution in [0.5, 0.6) is 0 Å². The van der Waals surface area contributed by atoms with Crippen LogP contribution in [-0.2, 0) is 29.7 Å². The van der Waals surface area contributed by atoms with Crippen LogP contribution in [0.2, 0.25) is 0 Å². The Hall–Kier alpha value is -3.33. The van der Waals surface area contributed by atoms with Crippen molar-refractivity contribution in [3.05, 3.63) is 51.8 Å². The van der Waals surface area contributed by atoms with Crippen molar-refractivity contribution >= 4 is 48.5 Å². The lowest BCUT2D eigenvalue weighted by Gasteiger charge is -2.37. The normalized spacial score (nSPS) is 21.8. The molecule has 11 nitrogen and oxygen atoms in total. The molecule has 2 unspecified atom stereocenters. The largest absolute Gasteiger partial charge is 0.393 e. The molecule has 3 fully saturated rings. The number of fused-ring (bicyclic) bond motifs is 2. The van der Waals surface area contributed by atoms with Gasteiger partial charge in [0.2, 0.25) is 0 Å². The Bertz CT molecular complexity index is 2100. The number of hydrogen-bond donors (Lipinski definition) is 1. The number of alkyl halides is 3. The molecule has 3 aromatic heterocycles. The SMILES string of the molecule is CNS(=O)(=O)N1CCN(C(C)Cn2c(C#N)cc3c(C)c(CN4CCC5(CCN(c6nc(C)nc7sc(CC(F)(F)F)cc67)C5)C4)ccc32)CC1. The van der Waals surface area contributed by atoms with Gasteiger partial charge in [0.1, 0.15) is 28.2 Å². The Morgan fingerprint density at radius 2 is 1.78 bits per heavy atom. The zero-order valence-corrected chi connectivity index (χ0v) is 31.1. The number of likely N-dealkylation sites (tertiary alicyclic amines) is 1. The molecule has 0 bridgehead atoms. The molecule has 4 aromatic rings. The molecule has 0 radical (unpaired) electrons. The lowest BCUT2D eigenvalue weighted by molar-refractivity contribution is -0.126. The Labute approximate surface area is 300 Å². The van der Waals surface area contributed by atoms with Crippen molar-refractivity contribution in [3.8, 4) is 6.07 Å². The molecule has 7 rings (SSSR count). The number of hydrogen-bond acceptors (Lipinski definition) is 9. The Morgan fingerprint density at radius 1 is 1.04 bits per heavy atom. The van der Waals surface area contributed by atoms with Crippen LogP contribution in [0.1, 0.15) is 47.3 Å². The molecule has 3 aliphatic heterocycles. The van der Waals surface area contributed by atoms with Gasteiger partial charge in [-0.15, -0.1) is 11.3 Å². The van der Waals surface area contributed by atoms with Crippen LogP contribution >= 0.6 is 11.3 Å². The molecule has 2 atom stereocenters. The fourth-order valence-corrected chi connectivity index (χ4v) is 10.3. The molecule has 0 aliphatic carbocycles. The van der Waals surface area contributed by atoms with E-state index in [1.165, 1.54) is 22.5 Å². The average Bonchev–Trinajstić information content (AvgIpc) is 3.87. The van der Waals surface area contributed by atoms with E-state index in [0.29, 0.717) is 54.5 Å². The summed E-state index contributed by atoms with van der Waals surface area (Å²) in [6, 6.07) is 10.4. The minimum absolute atomic E-state index is 0.0875. The number of anilines is 1. The summed E-state index contributed by atoms with van der Waals surface area (Å²) in [5.41, 5.74) is 4.13. The lowest BCUT2D eigenvalue weighted by Crippen LogP contribution is -2.54. The Morgan fingerprint density at radius 3 is 2.49 bits per heavy atom. The predicted molar refractivity (Wildman–Crippen MR) is 193 cm³/mol. The van der Waals surface area contributed by atoms with Gasteiger partial charge < -0.3 is 9.47 Å². The molecule has 1 N–H and O–H groups in total. The van der Waals surface area contributed by atoms with Crippen LogP contribution in [0.25, 0.3) is 21.1 Å². The number of aromatic nitrogens is 3. The van der Waals surface area contributed by atoms with Crippen molar-refractivity contribution in [2.24, 2.45) is 5.41 Å². The molecule has 51 heavy (non-hydrogen) atoms. The number of nitriles is 1. The number of aryl methyl sites for hydroxylation is 2. The van der Waals surface area contributed by atoms with E-state index in [4.69, 9.17) is 4.98 Å². The van der Waals surface area contributed by atoms with Gasteiger partial charge in [-0.2, -0.15) is 31.2 Å². The number of piperazine rings is 1. The second-order valence-electron chi connectivity index (χ2n) is 14.5. The summed E-state index contributed by atoms with van der Waals surface area (Å²) in [7, 11) is -2.01. The molecule has 3 aliphatic rings. The second-order valence-corrected chi connectivity index (χ2v) is 17.5. The summed E-state index contributed by atoms with van der Waals surface area (Å²) in [6.45, 7) is 13.1. The molecule has 6 heterocycles. The van der Waals surface area contributed by atoms with Gasteiger partial charge in [-0.25, -0.2) is 14.7 Å². The highest BCUT2D eigenvalue weighted by Crippen LogP contribution is 2.44. The van der Waals surface area contributed by atoms with Crippen LogP contribution in [-0.4, -0.2) is 109 Å². The van der Waals surface area contributed by atoms with E-state index in [1.807, 2.05) is 6.07 Å². The lowest BCUT2D eigenvalue weighted by atomic mass is 9.86. The van der Waals surface area contributed by atoms with Gasteiger partial charge in [0.05, 0.1) is 11.8 Å². The van der Waals surface area contributed by atoms with Gasteiger partial charge in [0.15, 0.2) is 0 Å². The minimum Gasteiger partial charge on any atom is -0.355 e. The first kappa shape index (κ1) is 36.0. The zero-order chi connectivity index (χ0) is 36.3. The standard InChI is InChI=1S/C35H44F3N9O2S2/c1-23(44-11-13-46(14-12-44)51(48,49)40-4)19-47-27(18-39)15-29-24(2)26(5-6-31(29)47)20-43-9-7-34(21-43)8-10-45(22-34)32-30-16-28(17-35(36,37)38)50-33(30)42-25(3)41-32/h5-6,15-16,23,40H,7-14,17,19-22H2,1-4H3. The van der Waals surface area contributed by atoms with Gasteiger partial charge in [-0.1, -0.05) is 6.07 Å². The van der Waals surface area contributed by atoms with Gasteiger partial charge in [0, 0.05) is 93.2 Å². The summed E-state index contributed by atoms with van der Waals surface area (Å²) in [6.07, 6.45) is -3.18. The van der Waals surface area contributed by atoms with Crippen molar-refractivity contribution in [2.45, 2.75) is 65.3 Å². The van der Waals surface area contributed by atoms with Crippen LogP contribution in [0.15, 0.2) is 24.3 Å². The third kappa shape index (κ3) is 7.21. The van der Waals surface area contributed by atoms with E-state index in [-0.39, 0.29) is 16.3 Å². The van der Waals surface area contributed by atoms with Crippen molar-refractivity contribution in [2.75, 3.05) is 64.3 Å². The second kappa shape index (κ2) is 13.6. The first-order valence-electron chi connectivity index (χ1n) is 17.4. The number of nitrogens with zero attached hydrogens (tertiary/aromatic N) is 8. The number of halogens is 3. The monoisotopic (exact) mass is 743 g/mol. The fraction of sp³-hybridized carbons (Fsp3) is 0.571. The van der Waals surface area contributed by atoms with Crippen LogP contribution in [0.3, 0.4) is 0 Å². The maximum Gasteiger partial charge on any atom is 0.393 e. The van der Waals surface area contributed by atoms with Crippen LogP contribution < -0.4 is 9.62 Å². The Balaban J connectivity index is 1.03. The highest BCUT2D eigenvalue weighted by atomic mass is 32.2. The number of nitrogens with one attached hydrogen (secondary N) is 1. The fourth-order valence-electron chi connectivity index (χ4n) is 8.31. The van der Waals surface area contributed by atoms with E-state index in [1.54, 1.807) is 13.0 Å². The maximum absolute atomic E-state index is 13.2. The van der Waals surface area contributed by atoms with Gasteiger partial charge in [0.25, 0.3) is 10.2 Å². The van der Waals surface area contributed by atoms with Crippen molar-refractivity contribution < 1.29 is 21.6 Å². The molecule has 274 valence electrons. The van der Waals surface area contributed by atoms with E-state index in [2.05, 4.69) is 61.0 Å². The highest BCUT2D eigenvalue weighted by molar-refractivity contribution is 7.87. The molecule has 1 aromatic carbocycles. The van der Waals surface area contributed by atoms with E-state index >= 15 is 0 Å². The van der Waals surface area contributed by atoms with Gasteiger partial charge in [-0.05, 0) is 69.5 Å². The van der Waals surface area contributed by atoms with E-state index < -0.39 is 22.8 Å². The van der Waals surface area contributed by atoms with Crippen molar-refractivity contribution in [1.82, 2.24) is 33.4 Å². The molecular weight excluding hydrogens is 700 g/mol. The van der Waals surface area contributed by atoms with Gasteiger partial charge >= 0.3 is 6.18 Å². The maximum atomic E-state index is 13.2. The topological polar surface area (TPSA) is 114 Å². The number of thiophene rings is 1. The number of rotatable bonds is 9. The first-order chi connectivity index (χ1) is 24.2. The predicted octanol–water partition coefficient (Wildman–Crippen LogP) is 4.81. The number of benzene rings is 1. The average molecular weight is 744 g/mol. The molecule has 0 amide bonds. The molecule has 16 heteroatoms. The third-order valence-electron chi connectivity index (χ3n) is 11.1. The smallest absolute Gasteiger partial charge is 0.355 e. The van der Waals surface area contributed by atoms with Crippen molar-refractivity contribution in [1.29, 1.82) is 5.26 Å². The summed E-state index contributed by atoms with van der Waals surface area (Å²) < 4.78 is 69.9. The Kier molecular flexibility index (Phi) is 9.60. The van der Waals surface area contributed by atoms with Crippen LogP contribution in [0.4, 0.5) is 19.0 Å². The third-order valence-corrected chi connectivity index (χ3v) is 13.7. The van der Waals surface area contributed by atoms with Crippen molar-refractivity contribution in [3.63, 3.8) is 0 Å². The summed E-state index contributed by atoms with van der Waals surface area (Å²) in [5, 5.41) is 11.9. The summed E-state index contributed by atoms with van der Waals surface area (Å²) in [4.78, 5) is 17.1. The summed E-state index contributed by atoms with van der Waals surface area (Å²) >= 11 is 1.10. The van der Waals surface area contributed by atoms with E-state index in [9.17, 15) is 26.9 Å². The first-order valence-corrected chi connectivity index (χ1v) is 19.7. The quantitative estimate of drug-likeness (QED) is 0.260. The molecular formula is C35H44F3N9O2S2. The molecule has 3 saturated heterocycles. The minimum atomic E-state index is -4.27.